The summed E-state index contributed by atoms with van der Waals surface area (Å²) in [4.78, 5) is 13.5. The molecule has 0 aliphatic heterocycles. The molecule has 1 aliphatic carbocycles. The molecule has 0 aromatic rings. The van der Waals surface area contributed by atoms with Crippen LogP contribution >= 0.6 is 0 Å². The van der Waals surface area contributed by atoms with E-state index in [1.54, 1.807) is 11.9 Å². The smallest absolute Gasteiger partial charge is 0.242 e. The van der Waals surface area contributed by atoms with Crippen LogP contribution in [0.4, 0.5) is 0 Å². The van der Waals surface area contributed by atoms with E-state index in [1.807, 2.05) is 6.92 Å². The maximum Gasteiger partial charge on any atom is 0.242 e. The molecule has 2 N–H and O–H groups in total. The quantitative estimate of drug-likeness (QED) is 0.652. The minimum Gasteiger partial charge on any atom is -0.380 e. The molecule has 0 heterocycles. The number of carbonyl (C=O) groups is 1. The third-order valence-electron chi connectivity index (χ3n) is 2.79. The SMILES string of the molecule is CCOCCN(C)C(=O)C1(N)CCC1. The highest BCUT2D eigenvalue weighted by atomic mass is 16.5. The van der Waals surface area contributed by atoms with Gasteiger partial charge in [-0.05, 0) is 26.2 Å². The lowest BCUT2D eigenvalue weighted by Gasteiger charge is -2.39. The Balaban J connectivity index is 2.29. The van der Waals surface area contributed by atoms with Gasteiger partial charge in [0.2, 0.25) is 5.91 Å². The van der Waals surface area contributed by atoms with Crippen LogP contribution in [-0.4, -0.2) is 43.2 Å². The van der Waals surface area contributed by atoms with Gasteiger partial charge >= 0.3 is 0 Å². The number of ether oxygens (including phenoxy) is 1. The van der Waals surface area contributed by atoms with E-state index in [2.05, 4.69) is 0 Å². The first-order valence-electron chi connectivity index (χ1n) is 5.22. The lowest BCUT2D eigenvalue weighted by Crippen LogP contribution is -2.59. The maximum absolute atomic E-state index is 11.8. The molecule has 0 saturated heterocycles. The second kappa shape index (κ2) is 4.75. The van der Waals surface area contributed by atoms with Gasteiger partial charge in [-0.2, -0.15) is 0 Å². The van der Waals surface area contributed by atoms with E-state index >= 15 is 0 Å². The van der Waals surface area contributed by atoms with Crippen LogP contribution < -0.4 is 5.73 Å². The van der Waals surface area contributed by atoms with Crippen LogP contribution in [-0.2, 0) is 9.53 Å². The molecule has 0 radical (unpaired) electrons. The number of rotatable bonds is 5. The van der Waals surface area contributed by atoms with Crippen LogP contribution in [0.5, 0.6) is 0 Å². The molecule has 14 heavy (non-hydrogen) atoms. The summed E-state index contributed by atoms with van der Waals surface area (Å²) in [6.07, 6.45) is 2.72. The summed E-state index contributed by atoms with van der Waals surface area (Å²) in [5, 5.41) is 0. The van der Waals surface area contributed by atoms with E-state index in [9.17, 15) is 4.79 Å². The first-order valence-corrected chi connectivity index (χ1v) is 5.22. The molecule has 4 nitrogen and oxygen atoms in total. The van der Waals surface area contributed by atoms with Crippen molar-refractivity contribution in [2.75, 3.05) is 26.8 Å². The molecule has 1 amide bonds. The Labute approximate surface area is 85.4 Å². The van der Waals surface area contributed by atoms with E-state index in [0.29, 0.717) is 19.8 Å². The Morgan fingerprint density at radius 3 is 2.64 bits per heavy atom. The standard InChI is InChI=1S/C10H20N2O2/c1-3-14-8-7-12(2)9(13)10(11)5-4-6-10/h3-8,11H2,1-2H3. The lowest BCUT2D eigenvalue weighted by molar-refractivity contribution is -0.139. The number of nitrogens with zero attached hydrogens (tertiary/aromatic N) is 1. The first kappa shape index (κ1) is 11.5. The number of nitrogens with two attached hydrogens (primary N) is 1. The van der Waals surface area contributed by atoms with Crippen LogP contribution in [0.2, 0.25) is 0 Å². The molecular weight excluding hydrogens is 180 g/mol. The summed E-state index contributed by atoms with van der Waals surface area (Å²) in [6.45, 7) is 3.86. The molecule has 1 aliphatic rings. The summed E-state index contributed by atoms with van der Waals surface area (Å²) in [5.74, 6) is 0.0588. The van der Waals surface area contributed by atoms with Gasteiger partial charge in [0.15, 0.2) is 0 Å². The molecule has 4 heteroatoms. The molecule has 0 aromatic heterocycles. The average Bonchev–Trinajstić information content (AvgIpc) is 2.13. The first-order chi connectivity index (χ1) is 6.60. The van der Waals surface area contributed by atoms with Gasteiger partial charge in [-0.3, -0.25) is 4.79 Å². The topological polar surface area (TPSA) is 55.6 Å². The summed E-state index contributed by atoms with van der Waals surface area (Å²) < 4.78 is 5.18. The highest BCUT2D eigenvalue weighted by Gasteiger charge is 2.41. The van der Waals surface area contributed by atoms with Crippen LogP contribution in [0.1, 0.15) is 26.2 Å². The third-order valence-corrected chi connectivity index (χ3v) is 2.79. The van der Waals surface area contributed by atoms with Crippen molar-refractivity contribution in [2.45, 2.75) is 31.7 Å². The normalized spacial score (nSPS) is 18.8. The third kappa shape index (κ3) is 2.45. The molecule has 0 spiro atoms. The number of hydrogen-bond donors (Lipinski definition) is 1. The number of carbonyl (C=O) groups excluding carboxylic acids is 1. The summed E-state index contributed by atoms with van der Waals surface area (Å²) in [6, 6.07) is 0. The Morgan fingerprint density at radius 1 is 1.57 bits per heavy atom. The number of hydrogen-bond acceptors (Lipinski definition) is 3. The van der Waals surface area contributed by atoms with Crippen molar-refractivity contribution in [2.24, 2.45) is 5.73 Å². The van der Waals surface area contributed by atoms with Gasteiger partial charge in [0.05, 0.1) is 12.1 Å². The summed E-state index contributed by atoms with van der Waals surface area (Å²) in [7, 11) is 1.79. The van der Waals surface area contributed by atoms with Gasteiger partial charge in [0.25, 0.3) is 0 Å². The predicted molar refractivity (Wildman–Crippen MR) is 54.9 cm³/mol. The van der Waals surface area contributed by atoms with E-state index in [0.717, 1.165) is 19.3 Å². The summed E-state index contributed by atoms with van der Waals surface area (Å²) in [5.41, 5.74) is 5.35. The van der Waals surface area contributed by atoms with E-state index in [1.165, 1.54) is 0 Å². The van der Waals surface area contributed by atoms with Crippen molar-refractivity contribution in [1.29, 1.82) is 0 Å². The molecule has 0 bridgehead atoms. The number of likely N-dealkylation sites (N-methyl/N-ethyl adjacent to an activating group) is 1. The van der Waals surface area contributed by atoms with Crippen LogP contribution in [0.3, 0.4) is 0 Å². The molecule has 1 saturated carbocycles. The fourth-order valence-corrected chi connectivity index (χ4v) is 1.60. The van der Waals surface area contributed by atoms with Gasteiger partial charge < -0.3 is 15.4 Å². The van der Waals surface area contributed by atoms with Gasteiger partial charge in [-0.15, -0.1) is 0 Å². The zero-order valence-electron chi connectivity index (χ0n) is 9.08. The van der Waals surface area contributed by atoms with Crippen molar-refractivity contribution < 1.29 is 9.53 Å². The molecule has 82 valence electrons. The minimum atomic E-state index is -0.568. The molecule has 1 rings (SSSR count). The van der Waals surface area contributed by atoms with Crippen molar-refractivity contribution in [3.05, 3.63) is 0 Å². The van der Waals surface area contributed by atoms with Crippen molar-refractivity contribution in [3.63, 3.8) is 0 Å². The van der Waals surface area contributed by atoms with Gasteiger partial charge in [0, 0.05) is 20.2 Å². The number of amides is 1. The molecule has 1 fully saturated rings. The van der Waals surface area contributed by atoms with Gasteiger partial charge in [-0.25, -0.2) is 0 Å². The van der Waals surface area contributed by atoms with Crippen molar-refractivity contribution >= 4 is 5.91 Å². The maximum atomic E-state index is 11.8. The Bertz CT molecular complexity index is 202. The minimum absolute atomic E-state index is 0.0588. The van der Waals surface area contributed by atoms with Crippen LogP contribution in [0.15, 0.2) is 0 Å². The Hall–Kier alpha value is -0.610. The van der Waals surface area contributed by atoms with Crippen LogP contribution in [0.25, 0.3) is 0 Å². The van der Waals surface area contributed by atoms with Crippen molar-refractivity contribution in [1.82, 2.24) is 4.90 Å². The van der Waals surface area contributed by atoms with Gasteiger partial charge in [-0.1, -0.05) is 0 Å². The molecular formula is C10H20N2O2. The molecule has 0 aromatic carbocycles. The zero-order chi connectivity index (χ0) is 10.6. The fourth-order valence-electron chi connectivity index (χ4n) is 1.60. The highest BCUT2D eigenvalue weighted by molar-refractivity contribution is 5.86. The second-order valence-corrected chi connectivity index (χ2v) is 3.93. The second-order valence-electron chi connectivity index (χ2n) is 3.93. The predicted octanol–water partition coefficient (Wildman–Crippen LogP) is 0.363. The van der Waals surface area contributed by atoms with Crippen LogP contribution in [0, 0.1) is 0 Å². The Kier molecular flexibility index (Phi) is 3.89. The zero-order valence-corrected chi connectivity index (χ0v) is 9.08. The Morgan fingerprint density at radius 2 is 2.21 bits per heavy atom. The lowest BCUT2D eigenvalue weighted by atomic mass is 9.77. The van der Waals surface area contributed by atoms with Gasteiger partial charge in [0.1, 0.15) is 0 Å². The van der Waals surface area contributed by atoms with E-state index < -0.39 is 5.54 Å². The summed E-state index contributed by atoms with van der Waals surface area (Å²) >= 11 is 0. The van der Waals surface area contributed by atoms with E-state index in [-0.39, 0.29) is 5.91 Å². The molecule has 0 unspecified atom stereocenters. The fraction of sp³-hybridized carbons (Fsp3) is 0.900. The average molecular weight is 200 g/mol. The van der Waals surface area contributed by atoms with Crippen molar-refractivity contribution in [3.8, 4) is 0 Å². The highest BCUT2D eigenvalue weighted by Crippen LogP contribution is 2.30. The molecule has 0 atom stereocenters. The van der Waals surface area contributed by atoms with E-state index in [4.69, 9.17) is 10.5 Å². The monoisotopic (exact) mass is 200 g/mol. The largest absolute Gasteiger partial charge is 0.380 e.